The minimum Gasteiger partial charge on any atom is -0.370 e. The van der Waals surface area contributed by atoms with Gasteiger partial charge in [0.05, 0.1) is 10.7 Å². The number of halogens is 1. The zero-order chi connectivity index (χ0) is 19.7. The van der Waals surface area contributed by atoms with Crippen molar-refractivity contribution in [2.75, 3.05) is 29.9 Å². The molecule has 0 spiro atoms. The van der Waals surface area contributed by atoms with E-state index in [1.807, 2.05) is 12.1 Å². The summed E-state index contributed by atoms with van der Waals surface area (Å²) in [5.74, 6) is -0.743. The quantitative estimate of drug-likeness (QED) is 0.808. The molecule has 0 bridgehead atoms. The van der Waals surface area contributed by atoms with Crippen LogP contribution in [0, 0.1) is 0 Å². The SMILES string of the molecule is NC(=O)c1noc([C@@H]2CCCN2C(=O)Nc2ccc(N3CCCC3)c(Cl)c2)n1. The first-order chi connectivity index (χ1) is 13.5. The average molecular weight is 405 g/mol. The summed E-state index contributed by atoms with van der Waals surface area (Å²) >= 11 is 6.43. The van der Waals surface area contributed by atoms with Crippen LogP contribution in [0.1, 0.15) is 48.2 Å². The van der Waals surface area contributed by atoms with Crippen molar-refractivity contribution in [3.05, 3.63) is 34.9 Å². The van der Waals surface area contributed by atoms with E-state index in [9.17, 15) is 9.59 Å². The molecule has 2 saturated heterocycles. The fraction of sp³-hybridized carbons (Fsp3) is 0.444. The Morgan fingerprint density at radius 2 is 2.00 bits per heavy atom. The van der Waals surface area contributed by atoms with E-state index >= 15 is 0 Å². The third-order valence-corrected chi connectivity index (χ3v) is 5.41. The van der Waals surface area contributed by atoms with E-state index in [4.69, 9.17) is 21.9 Å². The molecular formula is C18H21ClN6O3. The number of hydrogen-bond acceptors (Lipinski definition) is 6. The van der Waals surface area contributed by atoms with Crippen molar-refractivity contribution >= 4 is 34.9 Å². The van der Waals surface area contributed by atoms with Gasteiger partial charge in [-0.2, -0.15) is 4.98 Å². The second kappa shape index (κ2) is 7.67. The molecule has 2 aliphatic heterocycles. The minimum atomic E-state index is -0.767. The van der Waals surface area contributed by atoms with E-state index in [1.165, 1.54) is 0 Å². The maximum absolute atomic E-state index is 12.8. The molecule has 0 radical (unpaired) electrons. The van der Waals surface area contributed by atoms with Crippen LogP contribution < -0.4 is 16.0 Å². The monoisotopic (exact) mass is 404 g/mol. The predicted molar refractivity (Wildman–Crippen MR) is 103 cm³/mol. The number of anilines is 2. The first kappa shape index (κ1) is 18.5. The Kier molecular flexibility index (Phi) is 5.08. The highest BCUT2D eigenvalue weighted by atomic mass is 35.5. The Bertz CT molecular complexity index is 895. The number of aromatic nitrogens is 2. The molecule has 3 N–H and O–H groups in total. The maximum atomic E-state index is 12.8. The molecule has 0 aliphatic carbocycles. The average Bonchev–Trinajstić information content (AvgIpc) is 3.41. The zero-order valence-electron chi connectivity index (χ0n) is 15.2. The van der Waals surface area contributed by atoms with E-state index < -0.39 is 5.91 Å². The number of rotatable bonds is 4. The Labute approximate surface area is 166 Å². The van der Waals surface area contributed by atoms with Crippen molar-refractivity contribution in [2.45, 2.75) is 31.7 Å². The van der Waals surface area contributed by atoms with Gasteiger partial charge in [0.25, 0.3) is 11.7 Å². The molecule has 0 unspecified atom stereocenters. The summed E-state index contributed by atoms with van der Waals surface area (Å²) in [6.45, 7) is 2.54. The van der Waals surface area contributed by atoms with Crippen molar-refractivity contribution in [3.63, 3.8) is 0 Å². The summed E-state index contributed by atoms with van der Waals surface area (Å²) in [5, 5.41) is 7.04. The van der Waals surface area contributed by atoms with E-state index in [0.29, 0.717) is 23.7 Å². The summed E-state index contributed by atoms with van der Waals surface area (Å²) in [4.78, 5) is 31.8. The molecule has 148 valence electrons. The van der Waals surface area contributed by atoms with Crippen LogP contribution in [0.3, 0.4) is 0 Å². The number of hydrogen-bond donors (Lipinski definition) is 2. The van der Waals surface area contributed by atoms with Gasteiger partial charge >= 0.3 is 6.03 Å². The highest BCUT2D eigenvalue weighted by molar-refractivity contribution is 6.33. The van der Waals surface area contributed by atoms with Gasteiger partial charge in [-0.15, -0.1) is 0 Å². The van der Waals surface area contributed by atoms with Crippen LogP contribution in [0.5, 0.6) is 0 Å². The summed E-state index contributed by atoms with van der Waals surface area (Å²) < 4.78 is 5.12. The number of nitrogens with zero attached hydrogens (tertiary/aromatic N) is 4. The van der Waals surface area contributed by atoms with Crippen molar-refractivity contribution in [2.24, 2.45) is 5.73 Å². The van der Waals surface area contributed by atoms with Gasteiger partial charge in [-0.05, 0) is 43.9 Å². The van der Waals surface area contributed by atoms with Crippen LogP contribution in [0.2, 0.25) is 5.02 Å². The van der Waals surface area contributed by atoms with Gasteiger partial charge in [0.2, 0.25) is 5.89 Å². The fourth-order valence-corrected chi connectivity index (χ4v) is 4.03. The molecule has 0 saturated carbocycles. The van der Waals surface area contributed by atoms with E-state index in [2.05, 4.69) is 20.4 Å². The number of carbonyl (C=O) groups excluding carboxylic acids is 2. The lowest BCUT2D eigenvalue weighted by Gasteiger charge is -2.23. The molecule has 1 atom stereocenters. The lowest BCUT2D eigenvalue weighted by molar-refractivity contribution is 0.0987. The van der Waals surface area contributed by atoms with Crippen LogP contribution in [0.25, 0.3) is 0 Å². The largest absolute Gasteiger partial charge is 0.370 e. The molecule has 4 rings (SSSR count). The molecule has 2 aliphatic rings. The van der Waals surface area contributed by atoms with Crippen LogP contribution in [-0.2, 0) is 0 Å². The highest BCUT2D eigenvalue weighted by Crippen LogP contribution is 2.33. The first-order valence-electron chi connectivity index (χ1n) is 9.28. The van der Waals surface area contributed by atoms with Crippen molar-refractivity contribution < 1.29 is 14.1 Å². The van der Waals surface area contributed by atoms with Crippen molar-refractivity contribution in [1.29, 1.82) is 0 Å². The number of urea groups is 1. The number of primary amides is 1. The molecular weight excluding hydrogens is 384 g/mol. The number of likely N-dealkylation sites (tertiary alicyclic amines) is 1. The van der Waals surface area contributed by atoms with E-state index in [1.54, 1.807) is 11.0 Å². The number of nitrogens with two attached hydrogens (primary N) is 1. The number of nitrogens with one attached hydrogen (secondary N) is 1. The molecule has 2 aromatic rings. The molecule has 2 fully saturated rings. The van der Waals surface area contributed by atoms with E-state index in [0.717, 1.165) is 38.0 Å². The van der Waals surface area contributed by atoms with Crippen LogP contribution in [0.15, 0.2) is 22.7 Å². The lowest BCUT2D eigenvalue weighted by Crippen LogP contribution is -2.34. The Morgan fingerprint density at radius 1 is 1.21 bits per heavy atom. The van der Waals surface area contributed by atoms with Gasteiger partial charge in [0.1, 0.15) is 6.04 Å². The third-order valence-electron chi connectivity index (χ3n) is 5.11. The van der Waals surface area contributed by atoms with Crippen LogP contribution >= 0.6 is 11.6 Å². The summed E-state index contributed by atoms with van der Waals surface area (Å²) in [5.41, 5.74) is 6.77. The molecule has 1 aromatic heterocycles. The van der Waals surface area contributed by atoms with Gasteiger partial charge in [-0.1, -0.05) is 16.8 Å². The summed E-state index contributed by atoms with van der Waals surface area (Å²) in [6, 6.07) is 4.87. The topological polar surface area (TPSA) is 118 Å². The fourth-order valence-electron chi connectivity index (χ4n) is 3.73. The summed E-state index contributed by atoms with van der Waals surface area (Å²) in [6.07, 6.45) is 3.79. The minimum absolute atomic E-state index is 0.188. The predicted octanol–water partition coefficient (Wildman–Crippen LogP) is 2.79. The zero-order valence-corrected chi connectivity index (χ0v) is 16.0. The summed E-state index contributed by atoms with van der Waals surface area (Å²) in [7, 11) is 0. The first-order valence-corrected chi connectivity index (χ1v) is 9.66. The van der Waals surface area contributed by atoms with Crippen LogP contribution in [-0.4, -0.2) is 46.6 Å². The van der Waals surface area contributed by atoms with Gasteiger partial charge in [0.15, 0.2) is 0 Å². The highest BCUT2D eigenvalue weighted by Gasteiger charge is 2.34. The molecule has 28 heavy (non-hydrogen) atoms. The van der Waals surface area contributed by atoms with Crippen LogP contribution in [0.4, 0.5) is 16.2 Å². The maximum Gasteiger partial charge on any atom is 0.322 e. The number of carbonyl (C=O) groups is 2. The molecule has 1 aromatic carbocycles. The molecule has 10 heteroatoms. The molecule has 3 amide bonds. The second-order valence-corrected chi connectivity index (χ2v) is 7.37. The lowest BCUT2D eigenvalue weighted by atomic mass is 10.2. The molecule has 3 heterocycles. The van der Waals surface area contributed by atoms with Crippen molar-refractivity contribution in [1.82, 2.24) is 15.0 Å². The van der Waals surface area contributed by atoms with Gasteiger partial charge in [-0.3, -0.25) is 4.79 Å². The third kappa shape index (κ3) is 3.62. The normalized spacial score (nSPS) is 19.2. The molecule has 9 nitrogen and oxygen atoms in total. The van der Waals surface area contributed by atoms with E-state index in [-0.39, 0.29) is 23.8 Å². The second-order valence-electron chi connectivity index (χ2n) is 6.96. The van der Waals surface area contributed by atoms with Crippen molar-refractivity contribution in [3.8, 4) is 0 Å². The van der Waals surface area contributed by atoms with Gasteiger partial charge in [-0.25, -0.2) is 4.79 Å². The number of amides is 3. The Hall–Kier alpha value is -2.81. The standard InChI is InChI=1S/C18H21ClN6O3/c19-12-10-11(5-6-13(12)24-7-1-2-8-24)21-18(27)25-9-3-4-14(25)17-22-16(15(20)26)23-28-17/h5-6,10,14H,1-4,7-9H2,(H2,20,26)(H,21,27)/t14-/m0/s1. The Balaban J connectivity index is 1.46. The smallest absolute Gasteiger partial charge is 0.322 e. The Morgan fingerprint density at radius 3 is 2.68 bits per heavy atom. The van der Waals surface area contributed by atoms with Gasteiger partial charge in [0, 0.05) is 25.3 Å². The number of benzene rings is 1. The van der Waals surface area contributed by atoms with Gasteiger partial charge < -0.3 is 25.4 Å².